The fourth-order valence-electron chi connectivity index (χ4n) is 2.77. The molecule has 0 amide bonds. The maximum absolute atomic E-state index is 11.4. The monoisotopic (exact) mass is 256 g/mol. The fraction of sp³-hybridized carbons (Fsp3) is 0.312. The van der Waals surface area contributed by atoms with Crippen LogP contribution in [0, 0.1) is 0 Å². The number of esters is 1. The Morgan fingerprint density at radius 2 is 2.05 bits per heavy atom. The van der Waals surface area contributed by atoms with Crippen molar-refractivity contribution in [3.05, 3.63) is 42.0 Å². The van der Waals surface area contributed by atoms with Gasteiger partial charge in [-0.05, 0) is 16.8 Å². The summed E-state index contributed by atoms with van der Waals surface area (Å²) in [6.45, 7) is 2.10. The molecule has 19 heavy (non-hydrogen) atoms. The Morgan fingerprint density at radius 3 is 2.84 bits per heavy atom. The maximum Gasteiger partial charge on any atom is 0.309 e. The summed E-state index contributed by atoms with van der Waals surface area (Å²) in [7, 11) is 1.41. The zero-order chi connectivity index (χ0) is 13.4. The summed E-state index contributed by atoms with van der Waals surface area (Å²) in [6, 6.07) is 12.3. The van der Waals surface area contributed by atoms with Gasteiger partial charge in [-0.1, -0.05) is 37.3 Å². The highest BCUT2D eigenvalue weighted by Gasteiger charge is 2.34. The highest BCUT2D eigenvalue weighted by atomic mass is 16.5. The van der Waals surface area contributed by atoms with Crippen LogP contribution in [-0.4, -0.2) is 19.2 Å². The summed E-state index contributed by atoms with van der Waals surface area (Å²) >= 11 is 0. The molecule has 2 aromatic rings. The van der Waals surface area contributed by atoms with E-state index in [0.717, 1.165) is 5.75 Å². The third-order valence-corrected chi connectivity index (χ3v) is 3.82. The van der Waals surface area contributed by atoms with Crippen LogP contribution in [0.1, 0.15) is 24.8 Å². The molecule has 0 radical (unpaired) electrons. The van der Waals surface area contributed by atoms with Gasteiger partial charge in [0.05, 0.1) is 13.5 Å². The highest BCUT2D eigenvalue weighted by molar-refractivity contribution is 5.89. The molecule has 0 saturated heterocycles. The molecular formula is C16H16O3. The lowest BCUT2D eigenvalue weighted by molar-refractivity contribution is -0.142. The van der Waals surface area contributed by atoms with Crippen molar-refractivity contribution in [3.8, 4) is 5.75 Å². The van der Waals surface area contributed by atoms with E-state index in [1.807, 2.05) is 18.2 Å². The van der Waals surface area contributed by atoms with Gasteiger partial charge in [-0.25, -0.2) is 0 Å². The second kappa shape index (κ2) is 4.57. The van der Waals surface area contributed by atoms with Crippen LogP contribution in [0.3, 0.4) is 0 Å². The van der Waals surface area contributed by atoms with E-state index in [2.05, 4.69) is 25.1 Å². The van der Waals surface area contributed by atoms with E-state index in [1.54, 1.807) is 0 Å². The molecule has 3 rings (SSSR count). The van der Waals surface area contributed by atoms with Crippen molar-refractivity contribution in [3.63, 3.8) is 0 Å². The largest absolute Gasteiger partial charge is 0.489 e. The molecule has 98 valence electrons. The van der Waals surface area contributed by atoms with E-state index in [-0.39, 0.29) is 18.0 Å². The Balaban J connectivity index is 2.01. The molecule has 0 unspecified atom stereocenters. The minimum absolute atomic E-state index is 0.131. The van der Waals surface area contributed by atoms with Gasteiger partial charge < -0.3 is 9.47 Å². The van der Waals surface area contributed by atoms with Crippen molar-refractivity contribution in [1.29, 1.82) is 0 Å². The zero-order valence-corrected chi connectivity index (χ0v) is 11.1. The van der Waals surface area contributed by atoms with Crippen molar-refractivity contribution in [2.45, 2.75) is 25.4 Å². The minimum atomic E-state index is -0.228. The maximum atomic E-state index is 11.4. The van der Waals surface area contributed by atoms with Crippen LogP contribution in [0.5, 0.6) is 5.75 Å². The van der Waals surface area contributed by atoms with Gasteiger partial charge in [0.15, 0.2) is 0 Å². The standard InChI is InChI=1S/C16H16O3/c1-10-14(9-15(17)18-2)19-13-8-7-11-5-3-4-6-12(11)16(10)13/h3-8,10,14H,9H2,1-2H3/t10-,14-/m0/s1. The SMILES string of the molecule is COC(=O)C[C@@H]1Oc2ccc3ccccc3c2[C@H]1C. The van der Waals surface area contributed by atoms with Gasteiger partial charge in [0.25, 0.3) is 0 Å². The first-order valence-electron chi connectivity index (χ1n) is 6.46. The lowest BCUT2D eigenvalue weighted by Gasteiger charge is -2.13. The van der Waals surface area contributed by atoms with Crippen LogP contribution >= 0.6 is 0 Å². The van der Waals surface area contributed by atoms with Gasteiger partial charge in [0.2, 0.25) is 0 Å². The number of carbonyl (C=O) groups excluding carboxylic acids is 1. The molecule has 0 spiro atoms. The predicted molar refractivity (Wildman–Crippen MR) is 73.4 cm³/mol. The molecular weight excluding hydrogens is 240 g/mol. The van der Waals surface area contributed by atoms with Crippen molar-refractivity contribution in [1.82, 2.24) is 0 Å². The zero-order valence-electron chi connectivity index (χ0n) is 11.1. The quantitative estimate of drug-likeness (QED) is 0.774. The first-order valence-corrected chi connectivity index (χ1v) is 6.46. The molecule has 1 aliphatic heterocycles. The Morgan fingerprint density at radius 1 is 1.26 bits per heavy atom. The summed E-state index contributed by atoms with van der Waals surface area (Å²) in [6.07, 6.45) is 0.161. The molecule has 3 nitrogen and oxygen atoms in total. The third-order valence-electron chi connectivity index (χ3n) is 3.82. The van der Waals surface area contributed by atoms with E-state index >= 15 is 0 Å². The average Bonchev–Trinajstić information content (AvgIpc) is 2.76. The highest BCUT2D eigenvalue weighted by Crippen LogP contribution is 2.43. The van der Waals surface area contributed by atoms with E-state index < -0.39 is 0 Å². The van der Waals surface area contributed by atoms with E-state index in [1.165, 1.54) is 23.4 Å². The first-order chi connectivity index (χ1) is 9.20. The second-order valence-electron chi connectivity index (χ2n) is 4.92. The molecule has 0 N–H and O–H groups in total. The third kappa shape index (κ3) is 1.95. The van der Waals surface area contributed by atoms with E-state index in [4.69, 9.17) is 9.47 Å². The van der Waals surface area contributed by atoms with Crippen LogP contribution in [-0.2, 0) is 9.53 Å². The van der Waals surface area contributed by atoms with Crippen molar-refractivity contribution < 1.29 is 14.3 Å². The summed E-state index contributed by atoms with van der Waals surface area (Å²) < 4.78 is 10.6. The van der Waals surface area contributed by atoms with Crippen molar-refractivity contribution >= 4 is 16.7 Å². The molecule has 1 heterocycles. The van der Waals surface area contributed by atoms with Gasteiger partial charge in [-0.15, -0.1) is 0 Å². The van der Waals surface area contributed by atoms with Crippen LogP contribution in [0.4, 0.5) is 0 Å². The van der Waals surface area contributed by atoms with Crippen LogP contribution in [0.2, 0.25) is 0 Å². The molecule has 0 aliphatic carbocycles. The minimum Gasteiger partial charge on any atom is -0.489 e. The lowest BCUT2D eigenvalue weighted by atomic mass is 9.91. The Kier molecular flexibility index (Phi) is 2.90. The molecule has 0 fully saturated rings. The number of rotatable bonds is 2. The topological polar surface area (TPSA) is 35.5 Å². The summed E-state index contributed by atoms with van der Waals surface area (Å²) in [4.78, 5) is 11.4. The van der Waals surface area contributed by atoms with Crippen LogP contribution in [0.15, 0.2) is 36.4 Å². The van der Waals surface area contributed by atoms with E-state index in [0.29, 0.717) is 6.42 Å². The molecule has 3 heteroatoms. The van der Waals surface area contributed by atoms with Gasteiger partial charge in [-0.3, -0.25) is 4.79 Å². The molecule has 0 aromatic heterocycles. The molecule has 1 aliphatic rings. The van der Waals surface area contributed by atoms with Gasteiger partial charge >= 0.3 is 5.97 Å². The fourth-order valence-corrected chi connectivity index (χ4v) is 2.77. The second-order valence-corrected chi connectivity index (χ2v) is 4.92. The number of hydrogen-bond donors (Lipinski definition) is 0. The average molecular weight is 256 g/mol. The van der Waals surface area contributed by atoms with E-state index in [9.17, 15) is 4.79 Å². The van der Waals surface area contributed by atoms with Crippen molar-refractivity contribution in [2.24, 2.45) is 0 Å². The molecule has 0 bridgehead atoms. The number of benzene rings is 2. The lowest BCUT2D eigenvalue weighted by Crippen LogP contribution is -2.21. The summed E-state index contributed by atoms with van der Waals surface area (Å²) in [5.41, 5.74) is 1.20. The number of fused-ring (bicyclic) bond motifs is 3. The van der Waals surface area contributed by atoms with Crippen molar-refractivity contribution in [2.75, 3.05) is 7.11 Å². The Bertz CT molecular complexity index is 633. The molecule has 2 aromatic carbocycles. The van der Waals surface area contributed by atoms with Gasteiger partial charge in [0.1, 0.15) is 11.9 Å². The number of carbonyl (C=O) groups is 1. The Hall–Kier alpha value is -2.03. The van der Waals surface area contributed by atoms with Crippen LogP contribution in [0.25, 0.3) is 10.8 Å². The summed E-state index contributed by atoms with van der Waals surface area (Å²) in [5.74, 6) is 0.856. The molecule has 0 saturated carbocycles. The smallest absolute Gasteiger partial charge is 0.309 e. The first kappa shape index (κ1) is 12.0. The van der Waals surface area contributed by atoms with Gasteiger partial charge in [-0.2, -0.15) is 0 Å². The molecule has 2 atom stereocenters. The number of hydrogen-bond acceptors (Lipinski definition) is 3. The normalized spacial score (nSPS) is 20.9. The number of methoxy groups -OCH3 is 1. The van der Waals surface area contributed by atoms with Crippen LogP contribution < -0.4 is 4.74 Å². The predicted octanol–water partition coefficient (Wildman–Crippen LogP) is 3.27. The number of ether oxygens (including phenoxy) is 2. The van der Waals surface area contributed by atoms with Gasteiger partial charge in [0, 0.05) is 11.5 Å². The Labute approximate surface area is 112 Å². The summed E-state index contributed by atoms with van der Waals surface area (Å²) in [5, 5.41) is 2.41.